The van der Waals surface area contributed by atoms with Gasteiger partial charge in [-0.25, -0.2) is 0 Å². The van der Waals surface area contributed by atoms with Crippen molar-refractivity contribution < 1.29 is 13.9 Å². The van der Waals surface area contributed by atoms with Crippen LogP contribution < -0.4 is 10.1 Å². The van der Waals surface area contributed by atoms with E-state index in [0.717, 1.165) is 64.9 Å². The molecule has 4 nitrogen and oxygen atoms in total. The van der Waals surface area contributed by atoms with Gasteiger partial charge in [-0.1, -0.05) is 30.3 Å². The molecule has 2 aromatic carbocycles. The number of rotatable bonds is 7. The summed E-state index contributed by atoms with van der Waals surface area (Å²) in [6, 6.07) is 12.6. The Bertz CT molecular complexity index is 1140. The lowest BCUT2D eigenvalue weighted by atomic mass is 9.93. The second-order valence-electron chi connectivity index (χ2n) is 8.93. The molecular weight excluding hydrogens is 398 g/mol. The molecular formula is C28H33NO3. The molecule has 4 rings (SSSR count). The van der Waals surface area contributed by atoms with E-state index in [2.05, 4.69) is 30.4 Å². The van der Waals surface area contributed by atoms with E-state index in [-0.39, 0.29) is 11.9 Å². The summed E-state index contributed by atoms with van der Waals surface area (Å²) < 4.78 is 12.0. The minimum absolute atomic E-state index is 0.0721. The Morgan fingerprint density at radius 3 is 2.72 bits per heavy atom. The lowest BCUT2D eigenvalue weighted by Gasteiger charge is -2.15. The predicted molar refractivity (Wildman–Crippen MR) is 130 cm³/mol. The van der Waals surface area contributed by atoms with Crippen LogP contribution in [0.25, 0.3) is 16.5 Å². The highest BCUT2D eigenvalue weighted by atomic mass is 16.5. The Morgan fingerprint density at radius 1 is 1.22 bits per heavy atom. The van der Waals surface area contributed by atoms with E-state index < -0.39 is 0 Å². The maximum absolute atomic E-state index is 12.7. The molecule has 0 saturated carbocycles. The zero-order valence-electron chi connectivity index (χ0n) is 19.6. The van der Waals surface area contributed by atoms with Crippen molar-refractivity contribution in [2.75, 3.05) is 7.11 Å². The summed E-state index contributed by atoms with van der Waals surface area (Å²) in [5, 5.41) is 4.27. The van der Waals surface area contributed by atoms with E-state index >= 15 is 0 Å². The molecule has 1 aliphatic carbocycles. The molecule has 1 heterocycles. The number of nitrogens with one attached hydrogen (secondary N) is 1. The Morgan fingerprint density at radius 2 is 1.97 bits per heavy atom. The molecule has 0 fully saturated rings. The normalized spacial score (nSPS) is 14.8. The molecule has 0 aliphatic heterocycles. The van der Waals surface area contributed by atoms with E-state index in [1.807, 2.05) is 32.0 Å². The molecule has 3 aromatic rings. The van der Waals surface area contributed by atoms with Gasteiger partial charge in [-0.2, -0.15) is 0 Å². The standard InChI is InChI=1S/C28H33NO3/c1-18(16-26(30)29-19(2)14-15-21-10-6-5-7-11-21)23-17-24-22-12-8-9-13-25(22)32-28(24)20(3)27(23)31-4/h5-7,10-11,16-17,19H,8-9,12-15H2,1-4H3,(H,29,30)/b18-16+. The molecule has 168 valence electrons. The minimum atomic E-state index is -0.0721. The highest BCUT2D eigenvalue weighted by Gasteiger charge is 2.23. The van der Waals surface area contributed by atoms with Crippen LogP contribution >= 0.6 is 0 Å². The van der Waals surface area contributed by atoms with Gasteiger partial charge in [-0.05, 0) is 70.1 Å². The lowest BCUT2D eigenvalue weighted by molar-refractivity contribution is -0.117. The highest BCUT2D eigenvalue weighted by Crippen LogP contribution is 2.40. The van der Waals surface area contributed by atoms with Crippen molar-refractivity contribution in [3.8, 4) is 5.75 Å². The average Bonchev–Trinajstić information content (AvgIpc) is 3.17. The Hall–Kier alpha value is -3.01. The molecule has 0 spiro atoms. The van der Waals surface area contributed by atoms with E-state index in [0.29, 0.717) is 0 Å². The van der Waals surface area contributed by atoms with Gasteiger partial charge < -0.3 is 14.5 Å². The van der Waals surface area contributed by atoms with Crippen LogP contribution in [0.3, 0.4) is 0 Å². The largest absolute Gasteiger partial charge is 0.496 e. The Balaban J connectivity index is 1.54. The molecule has 1 unspecified atom stereocenters. The van der Waals surface area contributed by atoms with Gasteiger partial charge in [0, 0.05) is 40.6 Å². The van der Waals surface area contributed by atoms with Crippen LogP contribution in [0.4, 0.5) is 0 Å². The minimum Gasteiger partial charge on any atom is -0.496 e. The molecule has 1 aliphatic rings. The molecule has 0 saturated heterocycles. The number of furan rings is 1. The summed E-state index contributed by atoms with van der Waals surface area (Å²) in [6.45, 7) is 6.07. The fraction of sp³-hybridized carbons (Fsp3) is 0.393. The number of aryl methyl sites for hydroxylation is 4. The van der Waals surface area contributed by atoms with Gasteiger partial charge in [-0.3, -0.25) is 4.79 Å². The summed E-state index contributed by atoms with van der Waals surface area (Å²) in [6.07, 6.45) is 7.96. The van der Waals surface area contributed by atoms with Gasteiger partial charge in [-0.15, -0.1) is 0 Å². The number of hydrogen-bond acceptors (Lipinski definition) is 3. The first kappa shape index (κ1) is 22.2. The lowest BCUT2D eigenvalue weighted by Crippen LogP contribution is -2.31. The van der Waals surface area contributed by atoms with E-state index in [1.165, 1.54) is 24.0 Å². The maximum Gasteiger partial charge on any atom is 0.244 e. The van der Waals surface area contributed by atoms with Crippen LogP contribution in [0.5, 0.6) is 5.75 Å². The first-order valence-electron chi connectivity index (χ1n) is 11.6. The number of amides is 1. The van der Waals surface area contributed by atoms with Gasteiger partial charge in [0.2, 0.25) is 5.91 Å². The van der Waals surface area contributed by atoms with Gasteiger partial charge in [0.15, 0.2) is 0 Å². The summed E-state index contributed by atoms with van der Waals surface area (Å²) in [4.78, 5) is 12.7. The van der Waals surface area contributed by atoms with E-state index in [9.17, 15) is 4.79 Å². The SMILES string of the molecule is COc1c(/C(C)=C/C(=O)NC(C)CCc2ccccc2)cc2c3c(oc2c1C)CCCC3. The quantitative estimate of drug-likeness (QED) is 0.455. The molecule has 0 bridgehead atoms. The summed E-state index contributed by atoms with van der Waals surface area (Å²) >= 11 is 0. The molecule has 1 atom stereocenters. The van der Waals surface area contributed by atoms with Gasteiger partial charge in [0.1, 0.15) is 17.1 Å². The summed E-state index contributed by atoms with van der Waals surface area (Å²) in [5.41, 5.74) is 6.38. The van der Waals surface area contributed by atoms with Crippen LogP contribution in [0.1, 0.15) is 61.1 Å². The second kappa shape index (κ2) is 9.64. The first-order chi connectivity index (χ1) is 15.5. The summed E-state index contributed by atoms with van der Waals surface area (Å²) in [5.74, 6) is 1.82. The van der Waals surface area contributed by atoms with Crippen molar-refractivity contribution >= 4 is 22.4 Å². The van der Waals surface area contributed by atoms with Crippen LogP contribution in [0, 0.1) is 6.92 Å². The van der Waals surface area contributed by atoms with Crippen LogP contribution in [-0.4, -0.2) is 19.1 Å². The van der Waals surface area contributed by atoms with Crippen molar-refractivity contribution in [2.24, 2.45) is 0 Å². The zero-order chi connectivity index (χ0) is 22.7. The monoisotopic (exact) mass is 431 g/mol. The van der Waals surface area contributed by atoms with E-state index in [1.54, 1.807) is 13.2 Å². The number of ether oxygens (including phenoxy) is 1. The number of carbonyl (C=O) groups is 1. The van der Waals surface area contributed by atoms with Crippen LogP contribution in [-0.2, 0) is 24.1 Å². The van der Waals surface area contributed by atoms with E-state index in [4.69, 9.17) is 9.15 Å². The van der Waals surface area contributed by atoms with Crippen molar-refractivity contribution in [2.45, 2.75) is 65.3 Å². The van der Waals surface area contributed by atoms with Crippen molar-refractivity contribution in [1.29, 1.82) is 0 Å². The number of allylic oxidation sites excluding steroid dienone is 1. The number of fused-ring (bicyclic) bond motifs is 3. The van der Waals surface area contributed by atoms with Crippen molar-refractivity contribution in [3.05, 3.63) is 70.5 Å². The van der Waals surface area contributed by atoms with Gasteiger partial charge in [0.05, 0.1) is 7.11 Å². The predicted octanol–water partition coefficient (Wildman–Crippen LogP) is 6.17. The smallest absolute Gasteiger partial charge is 0.244 e. The number of benzene rings is 2. The third-order valence-corrected chi connectivity index (χ3v) is 6.50. The molecule has 1 aromatic heterocycles. The van der Waals surface area contributed by atoms with Gasteiger partial charge >= 0.3 is 0 Å². The maximum atomic E-state index is 12.7. The third kappa shape index (κ3) is 4.59. The topological polar surface area (TPSA) is 51.5 Å². The molecule has 4 heteroatoms. The van der Waals surface area contributed by atoms with Crippen LogP contribution in [0.15, 0.2) is 46.9 Å². The van der Waals surface area contributed by atoms with Crippen molar-refractivity contribution in [3.63, 3.8) is 0 Å². The molecule has 1 N–H and O–H groups in total. The molecule has 32 heavy (non-hydrogen) atoms. The summed E-state index contributed by atoms with van der Waals surface area (Å²) in [7, 11) is 1.68. The third-order valence-electron chi connectivity index (χ3n) is 6.50. The van der Waals surface area contributed by atoms with Gasteiger partial charge in [0.25, 0.3) is 0 Å². The number of carbonyl (C=O) groups excluding carboxylic acids is 1. The number of methoxy groups -OCH3 is 1. The second-order valence-corrected chi connectivity index (χ2v) is 8.93. The van der Waals surface area contributed by atoms with Crippen molar-refractivity contribution in [1.82, 2.24) is 5.32 Å². The van der Waals surface area contributed by atoms with Crippen LogP contribution in [0.2, 0.25) is 0 Å². The number of hydrogen-bond donors (Lipinski definition) is 1. The fourth-order valence-corrected chi connectivity index (χ4v) is 4.75. The fourth-order valence-electron chi connectivity index (χ4n) is 4.75. The average molecular weight is 432 g/mol. The highest BCUT2D eigenvalue weighted by molar-refractivity contribution is 5.98. The molecule has 1 amide bonds. The zero-order valence-corrected chi connectivity index (χ0v) is 19.6. The Kier molecular flexibility index (Phi) is 6.69. The molecule has 0 radical (unpaired) electrons. The first-order valence-corrected chi connectivity index (χ1v) is 11.6. The Labute approximate surface area is 190 Å².